The van der Waals surface area contributed by atoms with Crippen LogP contribution in [0.15, 0.2) is 4.90 Å². The molecule has 1 aliphatic rings. The molecule has 0 aromatic heterocycles. The van der Waals surface area contributed by atoms with E-state index in [1.165, 1.54) is 0 Å². The molecule has 1 amide bonds. The monoisotopic (exact) mass is 431 g/mol. The fraction of sp³-hybridized carbons (Fsp3) is 0.650. The summed E-state index contributed by atoms with van der Waals surface area (Å²) in [6, 6.07) is 0. The van der Waals surface area contributed by atoms with Gasteiger partial charge in [0, 0.05) is 26.1 Å². The molecule has 0 aliphatic carbocycles. The molecule has 1 fully saturated rings. The summed E-state index contributed by atoms with van der Waals surface area (Å²) in [5.41, 5.74) is 10.4. The number of sulfonamides is 1. The highest BCUT2D eigenvalue weighted by Crippen LogP contribution is 2.30. The van der Waals surface area contributed by atoms with Gasteiger partial charge < -0.3 is 10.6 Å². The maximum atomic E-state index is 12.9. The fourth-order valence-corrected chi connectivity index (χ4v) is 5.42. The zero-order chi connectivity index (χ0) is 20.6. The lowest BCUT2D eigenvalue weighted by Gasteiger charge is -2.23. The van der Waals surface area contributed by atoms with Crippen LogP contribution in [0, 0.1) is 40.0 Å². The van der Waals surface area contributed by atoms with Crippen LogP contribution in [0.1, 0.15) is 47.6 Å². The van der Waals surface area contributed by atoms with Gasteiger partial charge in [-0.2, -0.15) is 0 Å². The number of benzene rings is 1. The molecule has 3 N–H and O–H groups in total. The van der Waals surface area contributed by atoms with E-state index in [1.54, 1.807) is 4.90 Å². The summed E-state index contributed by atoms with van der Waals surface area (Å²) < 4.78 is 28.4. The Kier molecular flexibility index (Phi) is 8.10. The summed E-state index contributed by atoms with van der Waals surface area (Å²) >= 11 is 0. The molecule has 1 aromatic carbocycles. The molecule has 1 aromatic rings. The first kappa shape index (κ1) is 24.9. The van der Waals surface area contributed by atoms with Crippen molar-refractivity contribution < 1.29 is 13.2 Å². The molecule has 0 spiro atoms. The molecule has 1 saturated heterocycles. The van der Waals surface area contributed by atoms with E-state index in [0.717, 1.165) is 34.2 Å². The van der Waals surface area contributed by atoms with Gasteiger partial charge in [-0.25, -0.2) is 13.1 Å². The Balaban J connectivity index is 0.00000392. The topological polar surface area (TPSA) is 92.5 Å². The molecule has 1 atom stereocenters. The number of hydrogen-bond acceptors (Lipinski definition) is 4. The van der Waals surface area contributed by atoms with Crippen LogP contribution in [0.3, 0.4) is 0 Å². The number of nitrogens with zero attached hydrogens (tertiary/aromatic N) is 1. The average Bonchev–Trinajstić information content (AvgIpc) is 3.01. The molecule has 28 heavy (non-hydrogen) atoms. The molecule has 160 valence electrons. The number of hydrogen-bond donors (Lipinski definition) is 2. The normalized spacial score (nSPS) is 19.6. The van der Waals surface area contributed by atoms with Crippen molar-refractivity contribution in [3.8, 4) is 0 Å². The highest BCUT2D eigenvalue weighted by Gasteiger charge is 2.34. The third kappa shape index (κ3) is 4.87. The zero-order valence-electron chi connectivity index (χ0n) is 17.8. The van der Waals surface area contributed by atoms with Crippen LogP contribution in [-0.2, 0) is 14.8 Å². The lowest BCUT2D eigenvalue weighted by molar-refractivity contribution is -0.130. The Morgan fingerprint density at radius 1 is 1.07 bits per heavy atom. The van der Waals surface area contributed by atoms with E-state index >= 15 is 0 Å². The van der Waals surface area contributed by atoms with Gasteiger partial charge in [-0.05, 0) is 80.8 Å². The number of likely N-dealkylation sites (tertiary alicyclic amines) is 1. The van der Waals surface area contributed by atoms with Gasteiger partial charge in [0.25, 0.3) is 0 Å². The Morgan fingerprint density at radius 3 is 2.04 bits per heavy atom. The molecule has 0 radical (unpaired) electrons. The predicted octanol–water partition coefficient (Wildman–Crippen LogP) is 2.52. The highest BCUT2D eigenvalue weighted by molar-refractivity contribution is 7.89. The molecule has 8 heteroatoms. The number of halogens is 1. The van der Waals surface area contributed by atoms with Crippen LogP contribution in [0.5, 0.6) is 0 Å². The first-order valence-electron chi connectivity index (χ1n) is 9.48. The lowest BCUT2D eigenvalue weighted by Crippen LogP contribution is -2.36. The molecule has 0 saturated carbocycles. The smallest absolute Gasteiger partial charge is 0.241 e. The molecule has 1 heterocycles. The minimum absolute atomic E-state index is 0. The van der Waals surface area contributed by atoms with Gasteiger partial charge in [0.2, 0.25) is 15.9 Å². The summed E-state index contributed by atoms with van der Waals surface area (Å²) in [4.78, 5) is 14.5. The Labute approximate surface area is 175 Å². The van der Waals surface area contributed by atoms with E-state index < -0.39 is 10.0 Å². The number of nitrogens with two attached hydrogens (primary N) is 1. The summed E-state index contributed by atoms with van der Waals surface area (Å²) in [6.45, 7) is 13.6. The summed E-state index contributed by atoms with van der Waals surface area (Å²) in [7, 11) is -3.67. The summed E-state index contributed by atoms with van der Waals surface area (Å²) in [6.07, 6.45) is 1.04. The van der Waals surface area contributed by atoms with Crippen LogP contribution in [0.2, 0.25) is 0 Å². The average molecular weight is 432 g/mol. The van der Waals surface area contributed by atoms with Crippen molar-refractivity contribution in [2.24, 2.45) is 11.1 Å². The van der Waals surface area contributed by atoms with Crippen LogP contribution < -0.4 is 10.5 Å². The summed E-state index contributed by atoms with van der Waals surface area (Å²) in [5, 5.41) is 0. The second kappa shape index (κ2) is 9.11. The number of amides is 1. The predicted molar refractivity (Wildman–Crippen MR) is 116 cm³/mol. The minimum atomic E-state index is -3.67. The third-order valence-electron chi connectivity index (χ3n) is 6.23. The van der Waals surface area contributed by atoms with E-state index in [4.69, 9.17) is 5.73 Å². The molecular formula is C20H34ClN3O3S. The van der Waals surface area contributed by atoms with Crippen molar-refractivity contribution in [1.29, 1.82) is 0 Å². The molecular weight excluding hydrogens is 398 g/mol. The van der Waals surface area contributed by atoms with Gasteiger partial charge in [-0.1, -0.05) is 6.92 Å². The number of nitrogens with one attached hydrogen (secondary N) is 1. The Bertz CT molecular complexity index is 826. The Hall–Kier alpha value is -1.15. The Morgan fingerprint density at radius 2 is 1.57 bits per heavy atom. The molecule has 6 nitrogen and oxygen atoms in total. The quantitative estimate of drug-likeness (QED) is 0.723. The highest BCUT2D eigenvalue weighted by atomic mass is 35.5. The maximum absolute atomic E-state index is 12.9. The number of rotatable bonds is 6. The van der Waals surface area contributed by atoms with E-state index in [0.29, 0.717) is 24.5 Å². The van der Waals surface area contributed by atoms with Gasteiger partial charge in [0.1, 0.15) is 0 Å². The van der Waals surface area contributed by atoms with Gasteiger partial charge in [-0.15, -0.1) is 12.4 Å². The van der Waals surface area contributed by atoms with Crippen molar-refractivity contribution in [2.45, 2.75) is 59.3 Å². The van der Waals surface area contributed by atoms with Gasteiger partial charge in [-0.3, -0.25) is 4.79 Å². The molecule has 0 bridgehead atoms. The van der Waals surface area contributed by atoms with E-state index in [9.17, 15) is 13.2 Å². The molecule has 1 unspecified atom stereocenters. The standard InChI is InChI=1S/C20H33N3O3S.ClH/c1-13-14(2)16(4)19(17(5)15(13)3)27(25,26)22-9-7-18(24)23-10-8-20(6,11-21)12-23;/h22H,7-12,21H2,1-6H3;1H. The van der Waals surface area contributed by atoms with Crippen molar-refractivity contribution in [3.05, 3.63) is 27.8 Å². The number of carbonyl (C=O) groups excluding carboxylic acids is 1. The van der Waals surface area contributed by atoms with Crippen LogP contribution in [-0.4, -0.2) is 45.4 Å². The SMILES string of the molecule is Cc1c(C)c(C)c(S(=O)(=O)NCCC(=O)N2CCC(C)(CN)C2)c(C)c1C.Cl. The van der Waals surface area contributed by atoms with Crippen LogP contribution in [0.4, 0.5) is 0 Å². The van der Waals surface area contributed by atoms with Crippen molar-refractivity contribution >= 4 is 28.3 Å². The second-order valence-electron chi connectivity index (χ2n) is 8.18. The molecule has 2 rings (SSSR count). The van der Waals surface area contributed by atoms with Crippen LogP contribution >= 0.6 is 12.4 Å². The van der Waals surface area contributed by atoms with Crippen LogP contribution in [0.25, 0.3) is 0 Å². The van der Waals surface area contributed by atoms with E-state index in [2.05, 4.69) is 11.6 Å². The maximum Gasteiger partial charge on any atom is 0.241 e. The minimum Gasteiger partial charge on any atom is -0.342 e. The lowest BCUT2D eigenvalue weighted by atomic mass is 9.90. The van der Waals surface area contributed by atoms with Gasteiger partial charge in [0.15, 0.2) is 0 Å². The second-order valence-corrected chi connectivity index (χ2v) is 9.89. The van der Waals surface area contributed by atoms with Gasteiger partial charge in [0.05, 0.1) is 4.90 Å². The van der Waals surface area contributed by atoms with E-state index in [-0.39, 0.29) is 36.7 Å². The number of carbonyl (C=O) groups is 1. The van der Waals surface area contributed by atoms with Crippen molar-refractivity contribution in [1.82, 2.24) is 9.62 Å². The zero-order valence-corrected chi connectivity index (χ0v) is 19.4. The van der Waals surface area contributed by atoms with Crippen molar-refractivity contribution in [2.75, 3.05) is 26.2 Å². The molecule has 1 aliphatic heterocycles. The summed E-state index contributed by atoms with van der Waals surface area (Å²) in [5.74, 6) is -0.0282. The third-order valence-corrected chi connectivity index (χ3v) is 7.97. The fourth-order valence-electron chi connectivity index (χ4n) is 3.79. The van der Waals surface area contributed by atoms with Gasteiger partial charge >= 0.3 is 0 Å². The largest absolute Gasteiger partial charge is 0.342 e. The van der Waals surface area contributed by atoms with Crippen molar-refractivity contribution in [3.63, 3.8) is 0 Å². The van der Waals surface area contributed by atoms with E-state index in [1.807, 2.05) is 34.6 Å². The first-order chi connectivity index (χ1) is 12.4. The first-order valence-corrected chi connectivity index (χ1v) is 11.0.